The van der Waals surface area contributed by atoms with Gasteiger partial charge in [0.1, 0.15) is 18.0 Å². The van der Waals surface area contributed by atoms with Crippen LogP contribution in [0.25, 0.3) is 0 Å². The molecular formula is C11H14FNO3. The van der Waals surface area contributed by atoms with E-state index >= 15 is 0 Å². The van der Waals surface area contributed by atoms with Gasteiger partial charge in [0.05, 0.1) is 0 Å². The first-order valence-electron chi connectivity index (χ1n) is 5.18. The van der Waals surface area contributed by atoms with Crippen LogP contribution < -0.4 is 10.5 Å². The third-order valence-corrected chi connectivity index (χ3v) is 2.81. The van der Waals surface area contributed by atoms with Crippen LogP contribution in [0.2, 0.25) is 0 Å². The quantitative estimate of drug-likeness (QED) is 0.689. The van der Waals surface area contributed by atoms with E-state index in [1.165, 1.54) is 12.1 Å². The minimum absolute atomic E-state index is 0.112. The first-order chi connectivity index (χ1) is 7.63. The summed E-state index contributed by atoms with van der Waals surface area (Å²) in [6.45, 7) is 0.112. The average Bonchev–Trinajstić information content (AvgIpc) is 2.32. The summed E-state index contributed by atoms with van der Waals surface area (Å²) < 4.78 is 18.9. The van der Waals surface area contributed by atoms with Crippen molar-refractivity contribution < 1.29 is 19.3 Å². The molecule has 0 unspecified atom stereocenters. The van der Waals surface area contributed by atoms with Gasteiger partial charge in [-0.2, -0.15) is 0 Å². The fraction of sp³-hybridized carbons (Fsp3) is 0.455. The summed E-state index contributed by atoms with van der Waals surface area (Å²) in [6, 6.07) is 2.74. The van der Waals surface area contributed by atoms with Crippen LogP contribution in [-0.4, -0.2) is 29.0 Å². The number of fused-ring (bicyclic) bond motifs is 1. The molecule has 2 atom stereocenters. The Balaban J connectivity index is 2.25. The van der Waals surface area contributed by atoms with Crippen LogP contribution in [0.3, 0.4) is 0 Å². The molecule has 1 aromatic carbocycles. The van der Waals surface area contributed by atoms with Gasteiger partial charge in [-0.25, -0.2) is 4.39 Å². The molecule has 0 bridgehead atoms. The monoisotopic (exact) mass is 227 g/mol. The second kappa shape index (κ2) is 4.27. The van der Waals surface area contributed by atoms with E-state index in [1.807, 2.05) is 0 Å². The molecule has 1 heterocycles. The maximum absolute atomic E-state index is 13.5. The second-order valence-electron chi connectivity index (χ2n) is 3.87. The summed E-state index contributed by atoms with van der Waals surface area (Å²) in [6.07, 6.45) is -0.227. The number of rotatable bonds is 2. The van der Waals surface area contributed by atoms with Crippen LogP contribution in [0.1, 0.15) is 12.0 Å². The van der Waals surface area contributed by atoms with E-state index in [9.17, 15) is 14.6 Å². The molecule has 1 aliphatic rings. The van der Waals surface area contributed by atoms with Gasteiger partial charge >= 0.3 is 0 Å². The molecule has 0 aliphatic carbocycles. The van der Waals surface area contributed by atoms with Gasteiger partial charge < -0.3 is 20.7 Å². The number of hydrogen-bond acceptors (Lipinski definition) is 4. The molecule has 0 amide bonds. The number of phenolic OH excluding ortho intramolecular Hbond substituents is 1. The van der Waals surface area contributed by atoms with Gasteiger partial charge in [-0.3, -0.25) is 0 Å². The van der Waals surface area contributed by atoms with E-state index in [1.54, 1.807) is 0 Å². The minimum Gasteiger partial charge on any atom is -0.505 e. The highest BCUT2D eigenvalue weighted by Crippen LogP contribution is 2.34. The van der Waals surface area contributed by atoms with Crippen molar-refractivity contribution in [1.82, 2.24) is 0 Å². The molecular weight excluding hydrogens is 213 g/mol. The van der Waals surface area contributed by atoms with Crippen molar-refractivity contribution in [2.24, 2.45) is 5.73 Å². The number of aromatic hydroxyl groups is 1. The Morgan fingerprint density at radius 2 is 2.31 bits per heavy atom. The number of benzene rings is 1. The highest BCUT2D eigenvalue weighted by Gasteiger charge is 2.28. The lowest BCUT2D eigenvalue weighted by Gasteiger charge is -2.29. The lowest BCUT2D eigenvalue weighted by Crippen LogP contribution is -2.39. The van der Waals surface area contributed by atoms with Gasteiger partial charge in [0.2, 0.25) is 0 Å². The van der Waals surface area contributed by atoms with Gasteiger partial charge in [-0.15, -0.1) is 0 Å². The zero-order valence-corrected chi connectivity index (χ0v) is 8.69. The van der Waals surface area contributed by atoms with Crippen molar-refractivity contribution in [3.63, 3.8) is 0 Å². The predicted molar refractivity (Wildman–Crippen MR) is 55.9 cm³/mol. The number of nitrogens with two attached hydrogens (primary N) is 1. The summed E-state index contributed by atoms with van der Waals surface area (Å²) in [5, 5.41) is 18.7. The second-order valence-corrected chi connectivity index (χ2v) is 3.87. The highest BCUT2D eigenvalue weighted by atomic mass is 19.1. The molecule has 0 fully saturated rings. The van der Waals surface area contributed by atoms with Gasteiger partial charge in [0.25, 0.3) is 0 Å². The normalized spacial score (nSPS) is 21.1. The third-order valence-electron chi connectivity index (χ3n) is 2.81. The molecule has 1 aromatic rings. The Morgan fingerprint density at radius 3 is 3.00 bits per heavy atom. The Bertz CT molecular complexity index is 397. The van der Waals surface area contributed by atoms with Crippen molar-refractivity contribution in [2.75, 3.05) is 6.54 Å². The fourth-order valence-electron chi connectivity index (χ4n) is 1.87. The number of halogens is 1. The van der Waals surface area contributed by atoms with E-state index in [4.69, 9.17) is 10.5 Å². The van der Waals surface area contributed by atoms with Crippen molar-refractivity contribution in [3.05, 3.63) is 23.5 Å². The summed E-state index contributed by atoms with van der Waals surface area (Å²) in [5.41, 5.74) is 5.69. The Morgan fingerprint density at radius 1 is 1.56 bits per heavy atom. The van der Waals surface area contributed by atoms with E-state index in [0.717, 1.165) is 0 Å². The number of ether oxygens (including phenoxy) is 1. The molecule has 0 aromatic heterocycles. The SMILES string of the molecule is NC[C@H](O)[C@H]1CCc2c(ccc(O)c2F)O1. The van der Waals surface area contributed by atoms with Gasteiger partial charge in [-0.1, -0.05) is 0 Å². The van der Waals surface area contributed by atoms with Crippen LogP contribution >= 0.6 is 0 Å². The summed E-state index contributed by atoms with van der Waals surface area (Å²) in [7, 11) is 0. The van der Waals surface area contributed by atoms with Crippen molar-refractivity contribution in [2.45, 2.75) is 25.0 Å². The minimum atomic E-state index is -0.745. The molecule has 0 spiro atoms. The summed E-state index contributed by atoms with van der Waals surface area (Å²) >= 11 is 0. The molecule has 88 valence electrons. The van der Waals surface area contributed by atoms with E-state index in [-0.39, 0.29) is 12.3 Å². The standard InChI is InChI=1S/C11H14FNO3/c12-11-6-1-3-10(8(15)5-13)16-9(6)4-2-7(11)14/h2,4,8,10,14-15H,1,3,5,13H2/t8-,10+/m0/s1. The van der Waals surface area contributed by atoms with Crippen LogP contribution in [-0.2, 0) is 6.42 Å². The first-order valence-corrected chi connectivity index (χ1v) is 5.18. The smallest absolute Gasteiger partial charge is 0.171 e. The Hall–Kier alpha value is -1.33. The molecule has 1 aliphatic heterocycles. The van der Waals surface area contributed by atoms with Crippen molar-refractivity contribution >= 4 is 0 Å². The lowest BCUT2D eigenvalue weighted by atomic mass is 9.98. The fourth-order valence-corrected chi connectivity index (χ4v) is 1.87. The maximum Gasteiger partial charge on any atom is 0.171 e. The van der Waals surface area contributed by atoms with E-state index < -0.39 is 18.0 Å². The van der Waals surface area contributed by atoms with Crippen LogP contribution in [0.4, 0.5) is 4.39 Å². The zero-order chi connectivity index (χ0) is 11.7. The van der Waals surface area contributed by atoms with Crippen LogP contribution in [0, 0.1) is 5.82 Å². The first kappa shape index (κ1) is 11.2. The van der Waals surface area contributed by atoms with Gasteiger partial charge in [-0.05, 0) is 25.0 Å². The molecule has 0 saturated heterocycles. The van der Waals surface area contributed by atoms with Gasteiger partial charge in [0, 0.05) is 12.1 Å². The number of aliphatic hydroxyl groups excluding tert-OH is 1. The van der Waals surface area contributed by atoms with Gasteiger partial charge in [0.15, 0.2) is 11.6 Å². The largest absolute Gasteiger partial charge is 0.505 e. The third kappa shape index (κ3) is 1.83. The van der Waals surface area contributed by atoms with E-state index in [2.05, 4.69) is 0 Å². The molecule has 16 heavy (non-hydrogen) atoms. The molecule has 0 radical (unpaired) electrons. The van der Waals surface area contributed by atoms with Crippen LogP contribution in [0.15, 0.2) is 12.1 Å². The summed E-state index contributed by atoms with van der Waals surface area (Å²) in [4.78, 5) is 0. The maximum atomic E-state index is 13.5. The van der Waals surface area contributed by atoms with E-state index in [0.29, 0.717) is 24.2 Å². The number of hydrogen-bond donors (Lipinski definition) is 3. The molecule has 4 N–H and O–H groups in total. The summed E-state index contributed by atoms with van der Waals surface area (Å²) in [5.74, 6) is -0.641. The van der Waals surface area contributed by atoms with Crippen molar-refractivity contribution in [1.29, 1.82) is 0 Å². The topological polar surface area (TPSA) is 75.7 Å². The number of phenols is 1. The number of aliphatic hydroxyl groups is 1. The Kier molecular flexibility index (Phi) is 2.98. The Labute approximate surface area is 92.5 Å². The molecule has 4 nitrogen and oxygen atoms in total. The zero-order valence-electron chi connectivity index (χ0n) is 8.69. The lowest BCUT2D eigenvalue weighted by molar-refractivity contribution is 0.0289. The molecule has 2 rings (SSSR count). The highest BCUT2D eigenvalue weighted by molar-refractivity contribution is 5.42. The molecule has 5 heteroatoms. The molecule has 0 saturated carbocycles. The van der Waals surface area contributed by atoms with Crippen LogP contribution in [0.5, 0.6) is 11.5 Å². The predicted octanol–water partition coefficient (Wildman–Crippen LogP) is 0.544. The van der Waals surface area contributed by atoms with Crippen molar-refractivity contribution in [3.8, 4) is 11.5 Å². The average molecular weight is 227 g/mol.